The van der Waals surface area contributed by atoms with E-state index >= 15 is 0 Å². The maximum Gasteiger partial charge on any atom is 0.169 e. The summed E-state index contributed by atoms with van der Waals surface area (Å²) in [5.74, 6) is -0.295. The molecule has 1 N–H and O–H groups in total. The fraction of sp³-hybridized carbons (Fsp3) is 0.294. The molecule has 112 valence electrons. The molecule has 2 rings (SSSR count). The highest BCUT2D eigenvalue weighted by Gasteiger charge is 2.07. The van der Waals surface area contributed by atoms with E-state index in [0.29, 0.717) is 18.7 Å². The molecule has 0 bridgehead atoms. The first-order valence-corrected chi connectivity index (χ1v) is 6.89. The fourth-order valence-corrected chi connectivity index (χ4v) is 2.24. The normalized spacial score (nSPS) is 10.7. The van der Waals surface area contributed by atoms with Crippen molar-refractivity contribution in [3.8, 4) is 5.75 Å². The van der Waals surface area contributed by atoms with Gasteiger partial charge in [0.05, 0.1) is 7.11 Å². The molecule has 4 heteroatoms. The van der Waals surface area contributed by atoms with Crippen LogP contribution in [-0.4, -0.2) is 13.7 Å². The first-order chi connectivity index (χ1) is 10.1. The maximum absolute atomic E-state index is 13.9. The lowest BCUT2D eigenvalue weighted by molar-refractivity contribution is 0.383. The Bertz CT molecular complexity index is 614. The van der Waals surface area contributed by atoms with Crippen LogP contribution in [0.1, 0.15) is 16.7 Å². The molecule has 0 heterocycles. The molecule has 0 fully saturated rings. The van der Waals surface area contributed by atoms with Crippen LogP contribution in [-0.2, 0) is 13.0 Å². The highest BCUT2D eigenvalue weighted by atomic mass is 19.1. The lowest BCUT2D eigenvalue weighted by atomic mass is 10.1. The second-order valence-electron chi connectivity index (χ2n) is 4.93. The van der Waals surface area contributed by atoms with Gasteiger partial charge in [-0.15, -0.1) is 0 Å². The minimum atomic E-state index is -0.328. The van der Waals surface area contributed by atoms with Gasteiger partial charge in [-0.05, 0) is 49.2 Å². The second-order valence-corrected chi connectivity index (χ2v) is 4.93. The molecular formula is C17H19F2NO. The van der Waals surface area contributed by atoms with Gasteiger partial charge in [-0.1, -0.05) is 18.2 Å². The SMILES string of the molecule is COc1cccc(CNCCc2ccc(F)cc2C)c1F. The van der Waals surface area contributed by atoms with Crippen molar-refractivity contribution in [2.75, 3.05) is 13.7 Å². The summed E-state index contributed by atoms with van der Waals surface area (Å²) in [5, 5.41) is 3.19. The van der Waals surface area contributed by atoms with Crippen molar-refractivity contribution in [1.29, 1.82) is 0 Å². The van der Waals surface area contributed by atoms with Gasteiger partial charge in [0.1, 0.15) is 5.82 Å². The molecule has 0 aliphatic heterocycles. The third-order valence-corrected chi connectivity index (χ3v) is 3.45. The lowest BCUT2D eigenvalue weighted by Gasteiger charge is -2.10. The van der Waals surface area contributed by atoms with Gasteiger partial charge in [-0.2, -0.15) is 0 Å². The summed E-state index contributed by atoms with van der Waals surface area (Å²) in [4.78, 5) is 0. The summed E-state index contributed by atoms with van der Waals surface area (Å²) >= 11 is 0. The summed E-state index contributed by atoms with van der Waals surface area (Å²) in [6.45, 7) is 3.02. The molecule has 0 unspecified atom stereocenters. The van der Waals surface area contributed by atoms with Crippen LogP contribution in [0.5, 0.6) is 5.75 Å². The van der Waals surface area contributed by atoms with Gasteiger partial charge >= 0.3 is 0 Å². The third-order valence-electron chi connectivity index (χ3n) is 3.45. The van der Waals surface area contributed by atoms with Crippen molar-refractivity contribution in [2.24, 2.45) is 0 Å². The van der Waals surface area contributed by atoms with E-state index in [4.69, 9.17) is 4.74 Å². The van der Waals surface area contributed by atoms with Crippen molar-refractivity contribution < 1.29 is 13.5 Å². The van der Waals surface area contributed by atoms with E-state index in [2.05, 4.69) is 5.32 Å². The van der Waals surface area contributed by atoms with E-state index in [1.54, 1.807) is 24.3 Å². The molecule has 0 spiro atoms. The molecule has 0 saturated carbocycles. The summed E-state index contributed by atoms with van der Waals surface area (Å²) in [7, 11) is 1.45. The minimum Gasteiger partial charge on any atom is -0.494 e. The van der Waals surface area contributed by atoms with Crippen molar-refractivity contribution in [3.63, 3.8) is 0 Å². The number of aryl methyl sites for hydroxylation is 1. The first kappa shape index (κ1) is 15.4. The molecule has 0 saturated heterocycles. The molecule has 0 atom stereocenters. The van der Waals surface area contributed by atoms with Crippen molar-refractivity contribution >= 4 is 0 Å². The zero-order chi connectivity index (χ0) is 15.2. The molecule has 21 heavy (non-hydrogen) atoms. The maximum atomic E-state index is 13.9. The first-order valence-electron chi connectivity index (χ1n) is 6.89. The Hall–Kier alpha value is -1.94. The summed E-state index contributed by atoms with van der Waals surface area (Å²) in [6.07, 6.45) is 0.775. The van der Waals surface area contributed by atoms with E-state index < -0.39 is 0 Å². The van der Waals surface area contributed by atoms with Crippen LogP contribution in [0.25, 0.3) is 0 Å². The van der Waals surface area contributed by atoms with Crippen LogP contribution in [0.4, 0.5) is 8.78 Å². The van der Waals surface area contributed by atoms with Gasteiger partial charge in [0.25, 0.3) is 0 Å². The molecule has 0 aromatic heterocycles. The van der Waals surface area contributed by atoms with Crippen molar-refractivity contribution in [2.45, 2.75) is 19.9 Å². The fourth-order valence-electron chi connectivity index (χ4n) is 2.24. The molecule has 2 aromatic carbocycles. The molecule has 2 aromatic rings. The van der Waals surface area contributed by atoms with Crippen LogP contribution < -0.4 is 10.1 Å². The van der Waals surface area contributed by atoms with E-state index in [9.17, 15) is 8.78 Å². The quantitative estimate of drug-likeness (QED) is 0.821. The lowest BCUT2D eigenvalue weighted by Crippen LogP contribution is -2.18. The molecule has 0 aliphatic rings. The third kappa shape index (κ3) is 4.02. The Morgan fingerprint density at radius 3 is 2.62 bits per heavy atom. The van der Waals surface area contributed by atoms with E-state index in [1.807, 2.05) is 6.92 Å². The number of methoxy groups -OCH3 is 1. The second kappa shape index (κ2) is 7.18. The van der Waals surface area contributed by atoms with Crippen molar-refractivity contribution in [3.05, 3.63) is 64.7 Å². The number of hydrogen-bond donors (Lipinski definition) is 1. The van der Waals surface area contributed by atoms with Gasteiger partial charge < -0.3 is 10.1 Å². The van der Waals surface area contributed by atoms with E-state index in [0.717, 1.165) is 17.5 Å². The topological polar surface area (TPSA) is 21.3 Å². The molecule has 0 amide bonds. The average Bonchev–Trinajstić information content (AvgIpc) is 2.47. The van der Waals surface area contributed by atoms with Crippen LogP contribution in [0, 0.1) is 18.6 Å². The summed E-state index contributed by atoms with van der Waals surface area (Å²) in [5.41, 5.74) is 2.60. The van der Waals surface area contributed by atoms with E-state index in [1.165, 1.54) is 19.2 Å². The molecule has 2 nitrogen and oxygen atoms in total. The van der Waals surface area contributed by atoms with Crippen LogP contribution in [0.15, 0.2) is 36.4 Å². The molecule has 0 radical (unpaired) electrons. The predicted molar refractivity (Wildman–Crippen MR) is 79.5 cm³/mol. The minimum absolute atomic E-state index is 0.220. The Kier molecular flexibility index (Phi) is 5.28. The molecule has 0 aliphatic carbocycles. The van der Waals surface area contributed by atoms with Crippen LogP contribution >= 0.6 is 0 Å². The zero-order valence-corrected chi connectivity index (χ0v) is 12.2. The number of rotatable bonds is 6. The van der Waals surface area contributed by atoms with Crippen LogP contribution in [0.3, 0.4) is 0 Å². The number of hydrogen-bond acceptors (Lipinski definition) is 2. The molecular weight excluding hydrogens is 272 g/mol. The standard InChI is InChI=1S/C17H19F2NO/c1-12-10-15(18)7-6-13(12)8-9-20-11-14-4-3-5-16(21-2)17(14)19/h3-7,10,20H,8-9,11H2,1-2H3. The Morgan fingerprint density at radius 1 is 1.10 bits per heavy atom. The number of ether oxygens (including phenoxy) is 1. The predicted octanol–water partition coefficient (Wildman–Crippen LogP) is 3.61. The largest absolute Gasteiger partial charge is 0.494 e. The number of benzene rings is 2. The van der Waals surface area contributed by atoms with E-state index in [-0.39, 0.29) is 17.4 Å². The smallest absolute Gasteiger partial charge is 0.169 e. The van der Waals surface area contributed by atoms with Gasteiger partial charge in [0.2, 0.25) is 0 Å². The van der Waals surface area contributed by atoms with Crippen molar-refractivity contribution in [1.82, 2.24) is 5.32 Å². The van der Waals surface area contributed by atoms with Gasteiger partial charge in [-0.25, -0.2) is 8.78 Å². The highest BCUT2D eigenvalue weighted by molar-refractivity contribution is 5.31. The van der Waals surface area contributed by atoms with Gasteiger partial charge in [-0.3, -0.25) is 0 Å². The summed E-state index contributed by atoms with van der Waals surface area (Å²) < 4.78 is 31.9. The summed E-state index contributed by atoms with van der Waals surface area (Å²) in [6, 6.07) is 9.87. The van der Waals surface area contributed by atoms with Crippen LogP contribution in [0.2, 0.25) is 0 Å². The van der Waals surface area contributed by atoms with Gasteiger partial charge in [0, 0.05) is 12.1 Å². The Balaban J connectivity index is 1.87. The monoisotopic (exact) mass is 291 g/mol. The Labute approximate surface area is 123 Å². The number of nitrogens with one attached hydrogen (secondary N) is 1. The average molecular weight is 291 g/mol. The number of halogens is 2. The zero-order valence-electron chi connectivity index (χ0n) is 12.2. The highest BCUT2D eigenvalue weighted by Crippen LogP contribution is 2.19. The Morgan fingerprint density at radius 2 is 1.90 bits per heavy atom. The van der Waals surface area contributed by atoms with Gasteiger partial charge in [0.15, 0.2) is 11.6 Å².